The van der Waals surface area contributed by atoms with Gasteiger partial charge in [0, 0.05) is 36.5 Å². The van der Waals surface area contributed by atoms with Crippen molar-refractivity contribution in [1.82, 2.24) is 9.80 Å². The molecule has 2 fully saturated rings. The predicted octanol–water partition coefficient (Wildman–Crippen LogP) is 3.82. The van der Waals surface area contributed by atoms with E-state index in [1.54, 1.807) is 23.1 Å². The van der Waals surface area contributed by atoms with Gasteiger partial charge < -0.3 is 15.1 Å². The third-order valence-corrected chi connectivity index (χ3v) is 5.99. The number of likely N-dealkylation sites (tertiary alicyclic amines) is 1. The number of nitrogens with zero attached hydrogens (tertiary/aromatic N) is 2. The number of hydrogen-bond acceptors (Lipinski definition) is 3. The van der Waals surface area contributed by atoms with Gasteiger partial charge >= 0.3 is 0 Å². The van der Waals surface area contributed by atoms with Crippen molar-refractivity contribution in [3.05, 3.63) is 28.2 Å². The molecule has 29 heavy (non-hydrogen) atoms. The molecule has 0 bridgehead atoms. The van der Waals surface area contributed by atoms with E-state index >= 15 is 0 Å². The fourth-order valence-corrected chi connectivity index (χ4v) is 4.02. The number of carbonyl (C=O) groups excluding carboxylic acids is 3. The fourth-order valence-electron chi connectivity index (χ4n) is 3.69. The van der Waals surface area contributed by atoms with Gasteiger partial charge in [0.2, 0.25) is 17.7 Å². The number of hydrogen-bond donors (Lipinski definition) is 1. The Labute approximate surface area is 181 Å². The van der Waals surface area contributed by atoms with E-state index in [0.717, 1.165) is 19.3 Å². The minimum Gasteiger partial charge on any atom is -0.342 e. The third-order valence-electron chi connectivity index (χ3n) is 5.42. The van der Waals surface area contributed by atoms with E-state index < -0.39 is 0 Å². The van der Waals surface area contributed by atoms with E-state index in [1.807, 2.05) is 11.8 Å². The van der Waals surface area contributed by atoms with Crippen LogP contribution in [0.3, 0.4) is 0 Å². The van der Waals surface area contributed by atoms with Gasteiger partial charge in [-0.1, -0.05) is 30.1 Å². The maximum absolute atomic E-state index is 13.0. The largest absolute Gasteiger partial charge is 0.342 e. The lowest BCUT2D eigenvalue weighted by Gasteiger charge is -2.34. The molecule has 1 aliphatic heterocycles. The molecule has 1 aromatic carbocycles. The molecule has 3 amide bonds. The molecule has 0 spiro atoms. The first-order valence-electron chi connectivity index (χ1n) is 10.2. The first-order chi connectivity index (χ1) is 13.9. The van der Waals surface area contributed by atoms with E-state index in [2.05, 4.69) is 5.32 Å². The second-order valence-corrected chi connectivity index (χ2v) is 8.65. The highest BCUT2D eigenvalue weighted by Gasteiger charge is 2.36. The Morgan fingerprint density at radius 1 is 1.10 bits per heavy atom. The van der Waals surface area contributed by atoms with Gasteiger partial charge in [-0.15, -0.1) is 0 Å². The smallest absolute Gasteiger partial charge is 0.244 e. The van der Waals surface area contributed by atoms with Crippen molar-refractivity contribution >= 4 is 46.6 Å². The van der Waals surface area contributed by atoms with Crippen molar-refractivity contribution in [2.45, 2.75) is 39.0 Å². The number of rotatable bonds is 7. The van der Waals surface area contributed by atoms with Crippen molar-refractivity contribution < 1.29 is 14.4 Å². The van der Waals surface area contributed by atoms with Crippen LogP contribution in [0.5, 0.6) is 0 Å². The summed E-state index contributed by atoms with van der Waals surface area (Å²) >= 11 is 12.1. The summed E-state index contributed by atoms with van der Waals surface area (Å²) in [6.07, 6.45) is 4.05. The Morgan fingerprint density at radius 3 is 2.41 bits per heavy atom. The maximum Gasteiger partial charge on any atom is 0.244 e. The molecule has 0 radical (unpaired) electrons. The normalized spacial score (nSPS) is 17.1. The highest BCUT2D eigenvalue weighted by Crippen LogP contribution is 2.32. The van der Waals surface area contributed by atoms with Crippen molar-refractivity contribution in [2.24, 2.45) is 11.8 Å². The number of nitrogens with one attached hydrogen (secondary N) is 1. The Bertz CT molecular complexity index is 774. The fraction of sp³-hybridized carbons (Fsp3) is 0.571. The Balaban J connectivity index is 1.55. The van der Waals surface area contributed by atoms with E-state index in [1.165, 1.54) is 0 Å². The van der Waals surface area contributed by atoms with Crippen molar-refractivity contribution in [2.75, 3.05) is 31.5 Å². The Morgan fingerprint density at radius 2 is 1.79 bits per heavy atom. The van der Waals surface area contributed by atoms with Gasteiger partial charge in [-0.2, -0.15) is 0 Å². The third kappa shape index (κ3) is 5.86. The van der Waals surface area contributed by atoms with E-state index in [4.69, 9.17) is 23.2 Å². The second kappa shape index (κ2) is 9.81. The van der Waals surface area contributed by atoms with Crippen LogP contribution in [0.15, 0.2) is 18.2 Å². The standard InChI is InChI=1S/C21H27Cl2N3O3/c1-2-9-26(13-19(27)24-18-12-16(22)5-6-17(18)23)21(29)15-7-10-25(11-8-15)20(28)14-3-4-14/h5-6,12,14-15H,2-4,7-11,13H2,1H3,(H,24,27). The number of halogens is 2. The molecule has 8 heteroatoms. The van der Waals surface area contributed by atoms with Gasteiger partial charge in [0.05, 0.1) is 17.3 Å². The van der Waals surface area contributed by atoms with E-state index in [9.17, 15) is 14.4 Å². The highest BCUT2D eigenvalue weighted by atomic mass is 35.5. The molecule has 0 atom stereocenters. The number of piperidine rings is 1. The van der Waals surface area contributed by atoms with Crippen LogP contribution < -0.4 is 5.32 Å². The average Bonchev–Trinajstić information content (AvgIpc) is 3.55. The number of carbonyl (C=O) groups is 3. The summed E-state index contributed by atoms with van der Waals surface area (Å²) in [4.78, 5) is 41.2. The van der Waals surface area contributed by atoms with Crippen LogP contribution in [-0.4, -0.2) is 53.7 Å². The van der Waals surface area contributed by atoms with Gasteiger partial charge in [-0.05, 0) is 50.3 Å². The molecular formula is C21H27Cl2N3O3. The monoisotopic (exact) mass is 439 g/mol. The maximum atomic E-state index is 13.0. The van der Waals surface area contributed by atoms with Gasteiger partial charge in [0.25, 0.3) is 0 Å². The van der Waals surface area contributed by atoms with Crippen molar-refractivity contribution in [1.29, 1.82) is 0 Å². The van der Waals surface area contributed by atoms with Crippen LogP contribution in [0.25, 0.3) is 0 Å². The van der Waals surface area contributed by atoms with E-state index in [0.29, 0.717) is 48.2 Å². The molecule has 1 aromatic rings. The highest BCUT2D eigenvalue weighted by molar-refractivity contribution is 6.35. The summed E-state index contributed by atoms with van der Waals surface area (Å²) in [5, 5.41) is 3.60. The molecular weight excluding hydrogens is 413 g/mol. The van der Waals surface area contributed by atoms with Crippen LogP contribution >= 0.6 is 23.2 Å². The summed E-state index contributed by atoms with van der Waals surface area (Å²) in [6, 6.07) is 4.85. The number of benzene rings is 1. The molecule has 3 rings (SSSR count). The molecule has 1 N–H and O–H groups in total. The van der Waals surface area contributed by atoms with Crippen LogP contribution in [0, 0.1) is 11.8 Å². The first kappa shape index (κ1) is 21.9. The SMILES string of the molecule is CCCN(CC(=O)Nc1cc(Cl)ccc1Cl)C(=O)C1CCN(C(=O)C2CC2)CC1. The summed E-state index contributed by atoms with van der Waals surface area (Å²) in [5.74, 6) is -0.0256. The first-order valence-corrected chi connectivity index (χ1v) is 11.0. The lowest BCUT2D eigenvalue weighted by Crippen LogP contribution is -2.46. The minimum atomic E-state index is -0.308. The van der Waals surface area contributed by atoms with Gasteiger partial charge in [0.1, 0.15) is 0 Å². The number of amides is 3. The summed E-state index contributed by atoms with van der Waals surface area (Å²) in [6.45, 7) is 3.70. The molecule has 2 aliphatic rings. The molecule has 1 aliphatic carbocycles. The van der Waals surface area contributed by atoms with Crippen LogP contribution in [0.1, 0.15) is 39.0 Å². The molecule has 1 saturated carbocycles. The van der Waals surface area contributed by atoms with Gasteiger partial charge in [0.15, 0.2) is 0 Å². The molecule has 0 unspecified atom stereocenters. The average molecular weight is 440 g/mol. The molecule has 0 aromatic heterocycles. The summed E-state index contributed by atoms with van der Waals surface area (Å²) in [5.41, 5.74) is 0.431. The zero-order valence-electron chi connectivity index (χ0n) is 16.6. The van der Waals surface area contributed by atoms with E-state index in [-0.39, 0.29) is 36.1 Å². The molecule has 1 saturated heterocycles. The van der Waals surface area contributed by atoms with Crippen molar-refractivity contribution in [3.8, 4) is 0 Å². The van der Waals surface area contributed by atoms with Crippen LogP contribution in [-0.2, 0) is 14.4 Å². The zero-order chi connectivity index (χ0) is 21.0. The zero-order valence-corrected chi connectivity index (χ0v) is 18.1. The summed E-state index contributed by atoms with van der Waals surface area (Å²) < 4.78 is 0. The molecule has 6 nitrogen and oxygen atoms in total. The topological polar surface area (TPSA) is 69.7 Å². The predicted molar refractivity (Wildman–Crippen MR) is 114 cm³/mol. The van der Waals surface area contributed by atoms with Gasteiger partial charge in [-0.25, -0.2) is 0 Å². The van der Waals surface area contributed by atoms with Crippen LogP contribution in [0.4, 0.5) is 5.69 Å². The van der Waals surface area contributed by atoms with Crippen LogP contribution in [0.2, 0.25) is 10.0 Å². The second-order valence-electron chi connectivity index (χ2n) is 7.81. The van der Waals surface area contributed by atoms with Crippen molar-refractivity contribution in [3.63, 3.8) is 0 Å². The lowest BCUT2D eigenvalue weighted by molar-refractivity contribution is -0.142. The molecule has 158 valence electrons. The number of anilines is 1. The summed E-state index contributed by atoms with van der Waals surface area (Å²) in [7, 11) is 0. The quantitative estimate of drug-likeness (QED) is 0.701. The Kier molecular flexibility index (Phi) is 7.41. The lowest BCUT2D eigenvalue weighted by atomic mass is 9.94. The molecule has 1 heterocycles. The minimum absolute atomic E-state index is 0.0160. The van der Waals surface area contributed by atoms with Gasteiger partial charge in [-0.3, -0.25) is 14.4 Å². The Hall–Kier alpha value is -1.79.